The zero-order valence-electron chi connectivity index (χ0n) is 11.3. The molecular formula is C15H20N2O2. The molecular weight excluding hydrogens is 240 g/mol. The number of hydrogen-bond acceptors (Lipinski definition) is 3. The molecule has 1 unspecified atom stereocenters. The smallest absolute Gasteiger partial charge is 0.274 e. The lowest BCUT2D eigenvalue weighted by Gasteiger charge is -2.14. The normalized spacial score (nSPS) is 16.2. The molecule has 0 radical (unpaired) electrons. The molecule has 0 heterocycles. The fourth-order valence-electron chi connectivity index (χ4n) is 2.54. The predicted octanol–water partition coefficient (Wildman–Crippen LogP) is 3.75. The van der Waals surface area contributed by atoms with Crippen LogP contribution in [0.3, 0.4) is 0 Å². The van der Waals surface area contributed by atoms with Gasteiger partial charge < -0.3 is 5.32 Å². The molecule has 1 aromatic carbocycles. The molecule has 4 heteroatoms. The molecule has 0 aliphatic heterocycles. The van der Waals surface area contributed by atoms with E-state index < -0.39 is 0 Å². The van der Waals surface area contributed by atoms with Crippen LogP contribution in [-0.2, 0) is 0 Å². The SMILES string of the molecule is CC(NCCC1=CCCC1)c1ccccc1[N+](=O)[O-]. The van der Waals surface area contributed by atoms with Gasteiger partial charge in [-0.05, 0) is 39.2 Å². The Morgan fingerprint density at radius 1 is 1.42 bits per heavy atom. The van der Waals surface area contributed by atoms with Crippen LogP contribution in [-0.4, -0.2) is 11.5 Å². The second kappa shape index (κ2) is 6.48. The molecule has 0 saturated carbocycles. The van der Waals surface area contributed by atoms with Crippen LogP contribution in [0.5, 0.6) is 0 Å². The van der Waals surface area contributed by atoms with Crippen LogP contribution in [0.2, 0.25) is 0 Å². The fraction of sp³-hybridized carbons (Fsp3) is 0.467. The first kappa shape index (κ1) is 13.7. The van der Waals surface area contributed by atoms with Crippen molar-refractivity contribution in [2.45, 2.75) is 38.6 Å². The van der Waals surface area contributed by atoms with E-state index >= 15 is 0 Å². The quantitative estimate of drug-likeness (QED) is 0.481. The Morgan fingerprint density at radius 2 is 2.21 bits per heavy atom. The van der Waals surface area contributed by atoms with E-state index in [-0.39, 0.29) is 16.7 Å². The highest BCUT2D eigenvalue weighted by Gasteiger charge is 2.17. The molecule has 1 aliphatic rings. The minimum atomic E-state index is -0.312. The molecule has 1 N–H and O–H groups in total. The van der Waals surface area contributed by atoms with Crippen molar-refractivity contribution < 1.29 is 4.92 Å². The number of para-hydroxylation sites is 1. The summed E-state index contributed by atoms with van der Waals surface area (Å²) in [6.07, 6.45) is 7.05. The third-order valence-electron chi connectivity index (χ3n) is 3.63. The van der Waals surface area contributed by atoms with Gasteiger partial charge in [-0.25, -0.2) is 0 Å². The summed E-state index contributed by atoms with van der Waals surface area (Å²) in [7, 11) is 0. The summed E-state index contributed by atoms with van der Waals surface area (Å²) in [4.78, 5) is 10.7. The summed E-state index contributed by atoms with van der Waals surface area (Å²) in [6, 6.07) is 6.94. The van der Waals surface area contributed by atoms with Crippen molar-refractivity contribution in [1.29, 1.82) is 0 Å². The number of nitro groups is 1. The average Bonchev–Trinajstić information content (AvgIpc) is 2.91. The Kier molecular flexibility index (Phi) is 4.68. The topological polar surface area (TPSA) is 55.2 Å². The average molecular weight is 260 g/mol. The molecule has 0 amide bonds. The summed E-state index contributed by atoms with van der Waals surface area (Å²) >= 11 is 0. The molecule has 2 rings (SSSR count). The van der Waals surface area contributed by atoms with Crippen molar-refractivity contribution in [3.8, 4) is 0 Å². The zero-order chi connectivity index (χ0) is 13.7. The number of allylic oxidation sites excluding steroid dienone is 1. The van der Waals surface area contributed by atoms with E-state index in [4.69, 9.17) is 0 Å². The van der Waals surface area contributed by atoms with Gasteiger partial charge >= 0.3 is 0 Å². The van der Waals surface area contributed by atoms with Crippen LogP contribution in [0.4, 0.5) is 5.69 Å². The Labute approximate surface area is 113 Å². The molecule has 1 aromatic rings. The largest absolute Gasteiger partial charge is 0.310 e. The van der Waals surface area contributed by atoms with Gasteiger partial charge in [0.15, 0.2) is 0 Å². The molecule has 19 heavy (non-hydrogen) atoms. The van der Waals surface area contributed by atoms with Crippen LogP contribution in [0.1, 0.15) is 44.2 Å². The summed E-state index contributed by atoms with van der Waals surface area (Å²) in [6.45, 7) is 2.85. The molecule has 1 aliphatic carbocycles. The maximum Gasteiger partial charge on any atom is 0.274 e. The predicted molar refractivity (Wildman–Crippen MR) is 76.1 cm³/mol. The van der Waals surface area contributed by atoms with Crippen molar-refractivity contribution in [2.24, 2.45) is 0 Å². The van der Waals surface area contributed by atoms with Crippen LogP contribution < -0.4 is 5.32 Å². The van der Waals surface area contributed by atoms with Gasteiger partial charge in [0.05, 0.1) is 4.92 Å². The molecule has 4 nitrogen and oxygen atoms in total. The summed E-state index contributed by atoms with van der Waals surface area (Å²) in [5.41, 5.74) is 2.47. The van der Waals surface area contributed by atoms with E-state index in [0.717, 1.165) is 18.5 Å². The van der Waals surface area contributed by atoms with Crippen molar-refractivity contribution in [1.82, 2.24) is 5.32 Å². The molecule has 0 aromatic heterocycles. The van der Waals surface area contributed by atoms with Gasteiger partial charge in [0, 0.05) is 17.7 Å². The maximum atomic E-state index is 11.0. The lowest BCUT2D eigenvalue weighted by molar-refractivity contribution is -0.385. The first-order valence-electron chi connectivity index (χ1n) is 6.83. The van der Waals surface area contributed by atoms with Gasteiger partial charge in [-0.15, -0.1) is 0 Å². The summed E-state index contributed by atoms with van der Waals surface area (Å²) in [5, 5.41) is 14.4. The van der Waals surface area contributed by atoms with Crippen molar-refractivity contribution in [3.63, 3.8) is 0 Å². The van der Waals surface area contributed by atoms with E-state index in [9.17, 15) is 10.1 Å². The minimum Gasteiger partial charge on any atom is -0.310 e. The van der Waals surface area contributed by atoms with Gasteiger partial charge in [-0.1, -0.05) is 29.8 Å². The Balaban J connectivity index is 1.92. The third kappa shape index (κ3) is 3.64. The molecule has 0 bridgehead atoms. The van der Waals surface area contributed by atoms with Gasteiger partial charge in [0.2, 0.25) is 0 Å². The molecule has 1 atom stereocenters. The van der Waals surface area contributed by atoms with E-state index in [2.05, 4.69) is 11.4 Å². The third-order valence-corrected chi connectivity index (χ3v) is 3.63. The molecule has 102 valence electrons. The number of benzene rings is 1. The Morgan fingerprint density at radius 3 is 2.89 bits per heavy atom. The standard InChI is InChI=1S/C15H20N2O2/c1-12(16-11-10-13-6-2-3-7-13)14-8-4-5-9-15(14)17(18)19/h4-6,8-9,12,16H,2-3,7,10-11H2,1H3. The maximum absolute atomic E-state index is 11.0. The zero-order valence-corrected chi connectivity index (χ0v) is 11.3. The van der Waals surface area contributed by atoms with Gasteiger partial charge in [-0.2, -0.15) is 0 Å². The number of nitrogens with one attached hydrogen (secondary N) is 1. The second-order valence-corrected chi connectivity index (χ2v) is 5.00. The molecule has 0 saturated heterocycles. The fourth-order valence-corrected chi connectivity index (χ4v) is 2.54. The number of rotatable bonds is 6. The Bertz CT molecular complexity index is 483. The second-order valence-electron chi connectivity index (χ2n) is 5.00. The first-order valence-corrected chi connectivity index (χ1v) is 6.83. The van der Waals surface area contributed by atoms with Crippen LogP contribution in [0, 0.1) is 10.1 Å². The van der Waals surface area contributed by atoms with Crippen LogP contribution >= 0.6 is 0 Å². The monoisotopic (exact) mass is 260 g/mol. The number of nitrogens with zero attached hydrogens (tertiary/aromatic N) is 1. The summed E-state index contributed by atoms with van der Waals surface area (Å²) in [5.74, 6) is 0. The molecule has 0 spiro atoms. The van der Waals surface area contributed by atoms with Crippen molar-refractivity contribution >= 4 is 5.69 Å². The summed E-state index contributed by atoms with van der Waals surface area (Å²) < 4.78 is 0. The first-order chi connectivity index (χ1) is 9.18. The van der Waals surface area contributed by atoms with E-state index in [1.165, 1.54) is 24.8 Å². The van der Waals surface area contributed by atoms with Gasteiger partial charge in [-0.3, -0.25) is 10.1 Å². The van der Waals surface area contributed by atoms with Gasteiger partial charge in [0.1, 0.15) is 0 Å². The highest BCUT2D eigenvalue weighted by molar-refractivity contribution is 5.41. The van der Waals surface area contributed by atoms with Gasteiger partial charge in [0.25, 0.3) is 5.69 Å². The van der Waals surface area contributed by atoms with Crippen molar-refractivity contribution in [2.75, 3.05) is 6.54 Å². The van der Waals surface area contributed by atoms with Crippen LogP contribution in [0.25, 0.3) is 0 Å². The number of nitro benzene ring substituents is 1. The van der Waals surface area contributed by atoms with Crippen molar-refractivity contribution in [3.05, 3.63) is 51.6 Å². The Hall–Kier alpha value is -1.68. The highest BCUT2D eigenvalue weighted by atomic mass is 16.6. The van der Waals surface area contributed by atoms with E-state index in [1.807, 2.05) is 19.1 Å². The van der Waals surface area contributed by atoms with Crippen LogP contribution in [0.15, 0.2) is 35.9 Å². The highest BCUT2D eigenvalue weighted by Crippen LogP contribution is 2.25. The minimum absolute atomic E-state index is 0.00334. The van der Waals surface area contributed by atoms with E-state index in [1.54, 1.807) is 12.1 Å². The lowest BCUT2D eigenvalue weighted by atomic mass is 10.1. The lowest BCUT2D eigenvalue weighted by Crippen LogP contribution is -2.21. The van der Waals surface area contributed by atoms with E-state index in [0.29, 0.717) is 0 Å². The molecule has 0 fully saturated rings. The number of hydrogen-bond donors (Lipinski definition) is 1.